The van der Waals surface area contributed by atoms with Crippen LogP contribution in [0.1, 0.15) is 27.2 Å². The van der Waals surface area contributed by atoms with E-state index in [4.69, 9.17) is 4.74 Å². The smallest absolute Gasteiger partial charge is 0.246 e. The Balaban J connectivity index is 3.22. The lowest BCUT2D eigenvalue weighted by molar-refractivity contribution is 0.167. The number of nitrogens with zero attached hydrogens (tertiary/aromatic N) is 2. The van der Waals surface area contributed by atoms with Crippen LogP contribution in [-0.4, -0.2) is 50.6 Å². The number of rotatable bonds is 9. The van der Waals surface area contributed by atoms with E-state index in [1.54, 1.807) is 19.4 Å². The van der Waals surface area contributed by atoms with Gasteiger partial charge in [-0.2, -0.15) is 4.31 Å². The Morgan fingerprint density at radius 1 is 1.43 bits per heavy atom. The highest BCUT2D eigenvalue weighted by Gasteiger charge is 2.30. The number of sulfonamides is 1. The van der Waals surface area contributed by atoms with Crippen LogP contribution in [0.2, 0.25) is 0 Å². The highest BCUT2D eigenvalue weighted by Crippen LogP contribution is 2.25. The van der Waals surface area contributed by atoms with E-state index >= 15 is 0 Å². The Morgan fingerprint density at radius 2 is 2.14 bits per heavy atom. The van der Waals surface area contributed by atoms with Gasteiger partial charge >= 0.3 is 0 Å². The summed E-state index contributed by atoms with van der Waals surface area (Å²) in [7, 11) is -2.04. The second-order valence-corrected chi connectivity index (χ2v) is 6.63. The van der Waals surface area contributed by atoms with E-state index in [0.717, 1.165) is 6.42 Å². The molecular weight excluding hydrogens is 290 g/mol. The van der Waals surface area contributed by atoms with E-state index in [9.17, 15) is 8.42 Å². The van der Waals surface area contributed by atoms with Gasteiger partial charge in [0.05, 0.1) is 12.3 Å². The highest BCUT2D eigenvalue weighted by atomic mass is 32.2. The molecule has 1 atom stereocenters. The lowest BCUT2D eigenvalue weighted by Gasteiger charge is -2.28. The van der Waals surface area contributed by atoms with Gasteiger partial charge in [0.25, 0.3) is 0 Å². The van der Waals surface area contributed by atoms with Gasteiger partial charge < -0.3 is 10.1 Å². The topological polar surface area (TPSA) is 71.5 Å². The molecule has 0 fully saturated rings. The first kappa shape index (κ1) is 17.9. The SMILES string of the molecule is CCNc1ccncc1S(=O)(=O)N(CCOC)C(C)CC. The van der Waals surface area contributed by atoms with Gasteiger partial charge in [-0.3, -0.25) is 4.98 Å². The minimum absolute atomic E-state index is 0.0974. The maximum Gasteiger partial charge on any atom is 0.246 e. The first-order valence-electron chi connectivity index (χ1n) is 7.17. The number of aromatic nitrogens is 1. The lowest BCUT2D eigenvalue weighted by atomic mass is 10.3. The normalized spacial score (nSPS) is 13.4. The van der Waals surface area contributed by atoms with Crippen LogP contribution < -0.4 is 5.32 Å². The minimum Gasteiger partial charge on any atom is -0.384 e. The van der Waals surface area contributed by atoms with E-state index < -0.39 is 10.0 Å². The fourth-order valence-electron chi connectivity index (χ4n) is 2.01. The number of hydrogen-bond donors (Lipinski definition) is 1. The van der Waals surface area contributed by atoms with E-state index in [0.29, 0.717) is 25.4 Å². The Morgan fingerprint density at radius 3 is 2.71 bits per heavy atom. The van der Waals surface area contributed by atoms with Crippen LogP contribution in [0.15, 0.2) is 23.4 Å². The third-order valence-corrected chi connectivity index (χ3v) is 5.38. The van der Waals surface area contributed by atoms with Crippen molar-refractivity contribution in [1.82, 2.24) is 9.29 Å². The fourth-order valence-corrected chi connectivity index (χ4v) is 3.81. The number of ether oxygens (including phenoxy) is 1. The zero-order valence-electron chi connectivity index (χ0n) is 13.2. The zero-order chi connectivity index (χ0) is 15.9. The molecule has 1 rings (SSSR count). The molecule has 120 valence electrons. The standard InChI is InChI=1S/C14H25N3O3S/c1-5-12(3)17(9-10-20-4)21(18,19)14-11-15-8-7-13(14)16-6-2/h7-8,11-12H,5-6,9-10H2,1-4H3,(H,15,16). The van der Waals surface area contributed by atoms with Crippen LogP contribution in [-0.2, 0) is 14.8 Å². The van der Waals surface area contributed by atoms with E-state index in [-0.39, 0.29) is 10.9 Å². The van der Waals surface area contributed by atoms with Crippen molar-refractivity contribution in [3.63, 3.8) is 0 Å². The monoisotopic (exact) mass is 315 g/mol. The van der Waals surface area contributed by atoms with Crippen molar-refractivity contribution < 1.29 is 13.2 Å². The third-order valence-electron chi connectivity index (χ3n) is 3.34. The zero-order valence-corrected chi connectivity index (χ0v) is 14.0. The molecule has 0 aliphatic heterocycles. The molecule has 1 aromatic heterocycles. The molecule has 0 saturated heterocycles. The number of hydrogen-bond acceptors (Lipinski definition) is 5. The van der Waals surface area contributed by atoms with E-state index in [1.807, 2.05) is 20.8 Å². The van der Waals surface area contributed by atoms with Crippen molar-refractivity contribution in [3.8, 4) is 0 Å². The van der Waals surface area contributed by atoms with Gasteiger partial charge in [0.15, 0.2) is 0 Å². The van der Waals surface area contributed by atoms with Gasteiger partial charge in [-0.05, 0) is 26.3 Å². The number of pyridine rings is 1. The van der Waals surface area contributed by atoms with Crippen molar-refractivity contribution in [2.24, 2.45) is 0 Å². The van der Waals surface area contributed by atoms with Crippen LogP contribution >= 0.6 is 0 Å². The van der Waals surface area contributed by atoms with Crippen LogP contribution in [0.3, 0.4) is 0 Å². The van der Waals surface area contributed by atoms with Crippen molar-refractivity contribution in [1.29, 1.82) is 0 Å². The number of anilines is 1. The van der Waals surface area contributed by atoms with Crippen molar-refractivity contribution in [2.75, 3.05) is 32.1 Å². The summed E-state index contributed by atoms with van der Waals surface area (Å²) in [5, 5.41) is 3.07. The average Bonchev–Trinajstić information content (AvgIpc) is 2.48. The summed E-state index contributed by atoms with van der Waals surface area (Å²) < 4.78 is 32.4. The van der Waals surface area contributed by atoms with Crippen molar-refractivity contribution in [2.45, 2.75) is 38.1 Å². The largest absolute Gasteiger partial charge is 0.384 e. The Hall–Kier alpha value is -1.18. The fraction of sp³-hybridized carbons (Fsp3) is 0.643. The van der Waals surface area contributed by atoms with E-state index in [2.05, 4.69) is 10.3 Å². The molecule has 0 aromatic carbocycles. The first-order chi connectivity index (χ1) is 9.98. The summed E-state index contributed by atoms with van der Waals surface area (Å²) in [5.41, 5.74) is 0.582. The quantitative estimate of drug-likeness (QED) is 0.754. The second kappa shape index (κ2) is 8.31. The molecule has 0 saturated carbocycles. The Kier molecular flexibility index (Phi) is 7.07. The predicted molar refractivity (Wildman–Crippen MR) is 83.9 cm³/mol. The summed E-state index contributed by atoms with van der Waals surface area (Å²) in [6.07, 6.45) is 3.72. The molecule has 6 nitrogen and oxygen atoms in total. The maximum absolute atomic E-state index is 12.9. The van der Waals surface area contributed by atoms with Crippen LogP contribution in [0.25, 0.3) is 0 Å². The molecule has 0 aliphatic carbocycles. The molecular formula is C14H25N3O3S. The number of methoxy groups -OCH3 is 1. The first-order valence-corrected chi connectivity index (χ1v) is 8.61. The van der Waals surface area contributed by atoms with Gasteiger partial charge in [0, 0.05) is 38.6 Å². The molecule has 21 heavy (non-hydrogen) atoms. The summed E-state index contributed by atoms with van der Waals surface area (Å²) >= 11 is 0. The molecule has 0 amide bonds. The van der Waals surface area contributed by atoms with Crippen LogP contribution in [0, 0.1) is 0 Å². The maximum atomic E-state index is 12.9. The summed E-state index contributed by atoms with van der Waals surface area (Å²) in [6.45, 7) is 7.13. The molecule has 7 heteroatoms. The molecule has 0 bridgehead atoms. The Bertz CT molecular complexity index is 534. The van der Waals surface area contributed by atoms with Crippen LogP contribution in [0.5, 0.6) is 0 Å². The summed E-state index contributed by atoms with van der Waals surface area (Å²) in [4.78, 5) is 4.18. The molecule has 0 radical (unpaired) electrons. The molecule has 1 heterocycles. The highest BCUT2D eigenvalue weighted by molar-refractivity contribution is 7.89. The van der Waals surface area contributed by atoms with Gasteiger partial charge in [-0.15, -0.1) is 0 Å². The molecule has 1 aromatic rings. The molecule has 1 N–H and O–H groups in total. The van der Waals surface area contributed by atoms with Gasteiger partial charge in [-0.25, -0.2) is 8.42 Å². The molecule has 0 aliphatic rings. The van der Waals surface area contributed by atoms with Gasteiger partial charge in [0.1, 0.15) is 4.90 Å². The average molecular weight is 315 g/mol. The van der Waals surface area contributed by atoms with Gasteiger partial charge in [0.2, 0.25) is 10.0 Å². The van der Waals surface area contributed by atoms with Crippen molar-refractivity contribution in [3.05, 3.63) is 18.5 Å². The van der Waals surface area contributed by atoms with E-state index in [1.165, 1.54) is 10.5 Å². The third kappa shape index (κ3) is 4.39. The van der Waals surface area contributed by atoms with Gasteiger partial charge in [-0.1, -0.05) is 6.92 Å². The molecule has 0 spiro atoms. The molecule has 1 unspecified atom stereocenters. The second-order valence-electron chi connectivity index (χ2n) is 4.77. The predicted octanol–water partition coefficient (Wildman–Crippen LogP) is 1.95. The summed E-state index contributed by atoms with van der Waals surface area (Å²) in [6, 6.07) is 1.58. The Labute approximate surface area is 127 Å². The summed E-state index contributed by atoms with van der Waals surface area (Å²) in [5.74, 6) is 0. The lowest BCUT2D eigenvalue weighted by Crippen LogP contribution is -2.40. The minimum atomic E-state index is -3.61. The van der Waals surface area contributed by atoms with Crippen LogP contribution in [0.4, 0.5) is 5.69 Å². The number of nitrogens with one attached hydrogen (secondary N) is 1. The van der Waals surface area contributed by atoms with Crippen molar-refractivity contribution >= 4 is 15.7 Å².